The van der Waals surface area contributed by atoms with Crippen LogP contribution in [0.5, 0.6) is 5.75 Å². The largest absolute Gasteiger partial charge is 0.503 e. The lowest BCUT2D eigenvalue weighted by molar-refractivity contribution is 0.00845. The summed E-state index contributed by atoms with van der Waals surface area (Å²) in [4.78, 5) is 38.7. The summed E-state index contributed by atoms with van der Waals surface area (Å²) in [6, 6.07) is 0. The van der Waals surface area contributed by atoms with E-state index in [4.69, 9.17) is 4.74 Å². The van der Waals surface area contributed by atoms with Gasteiger partial charge >= 0.3 is 0 Å². The fraction of sp³-hybridized carbons (Fsp3) is 0.400. The zero-order valence-corrected chi connectivity index (χ0v) is 13.8. The summed E-state index contributed by atoms with van der Waals surface area (Å²) < 4.78 is 11.4. The fourth-order valence-corrected chi connectivity index (χ4v) is 3.06. The van der Waals surface area contributed by atoms with E-state index in [0.29, 0.717) is 24.5 Å². The maximum absolute atomic E-state index is 12.5. The summed E-state index contributed by atoms with van der Waals surface area (Å²) in [7, 11) is 0. The lowest BCUT2D eigenvalue weighted by Crippen LogP contribution is -2.46. The number of aromatic nitrogens is 3. The second-order valence-corrected chi connectivity index (χ2v) is 6.02. The first-order valence-corrected chi connectivity index (χ1v) is 7.92. The van der Waals surface area contributed by atoms with Crippen molar-refractivity contribution in [3.63, 3.8) is 0 Å². The minimum atomic E-state index is -0.907. The molecular formula is C15H15N5O6. The van der Waals surface area contributed by atoms with E-state index in [-0.39, 0.29) is 24.3 Å². The van der Waals surface area contributed by atoms with Gasteiger partial charge in [-0.15, -0.1) is 0 Å². The first-order valence-electron chi connectivity index (χ1n) is 7.92. The molecule has 2 aliphatic heterocycles. The smallest absolute Gasteiger partial charge is 0.276 e. The van der Waals surface area contributed by atoms with Crippen molar-refractivity contribution in [3.8, 4) is 5.75 Å². The molecule has 4 rings (SSSR count). The number of carbonyl (C=O) groups is 2. The number of nitrogens with one attached hydrogen (secondary N) is 1. The monoisotopic (exact) mass is 361 g/mol. The topological polar surface area (TPSA) is 140 Å². The van der Waals surface area contributed by atoms with Gasteiger partial charge in [0.1, 0.15) is 17.0 Å². The number of amides is 2. The second-order valence-electron chi connectivity index (χ2n) is 6.02. The number of rotatable bonds is 3. The van der Waals surface area contributed by atoms with E-state index >= 15 is 0 Å². The molecule has 2 N–H and O–H groups in total. The van der Waals surface area contributed by atoms with Gasteiger partial charge in [-0.1, -0.05) is 10.3 Å². The summed E-state index contributed by atoms with van der Waals surface area (Å²) in [5.41, 5.74) is -0.384. The molecule has 0 spiro atoms. The Morgan fingerprint density at radius 1 is 1.42 bits per heavy atom. The zero-order chi connectivity index (χ0) is 18.4. The standard InChI is InChI=1S/C15H15N5O6/c1-7-9(18-26-17-7)4-16-14(23)8-5-19-6-10-20(2-3-25-10)15(24)11(19)13(22)12(8)21/h5,10,22H,2-4,6H2,1H3,(H,16,23). The summed E-state index contributed by atoms with van der Waals surface area (Å²) in [5, 5.41) is 20.0. The Balaban J connectivity index is 1.65. The maximum Gasteiger partial charge on any atom is 0.276 e. The van der Waals surface area contributed by atoms with E-state index in [1.165, 1.54) is 15.7 Å². The molecule has 2 aromatic rings. The molecule has 0 bridgehead atoms. The third kappa shape index (κ3) is 2.44. The average Bonchev–Trinajstić information content (AvgIpc) is 3.24. The van der Waals surface area contributed by atoms with Crippen molar-refractivity contribution in [2.45, 2.75) is 26.2 Å². The molecule has 11 nitrogen and oxygen atoms in total. The van der Waals surface area contributed by atoms with Crippen LogP contribution in [0.25, 0.3) is 0 Å². The van der Waals surface area contributed by atoms with Crippen LogP contribution in [0.1, 0.15) is 32.2 Å². The molecule has 136 valence electrons. The molecule has 0 aromatic carbocycles. The van der Waals surface area contributed by atoms with Gasteiger partial charge in [-0.05, 0) is 6.92 Å². The molecule has 0 radical (unpaired) electrons. The molecule has 2 aliphatic rings. The predicted octanol–water partition coefficient (Wildman–Crippen LogP) is -1.01. The van der Waals surface area contributed by atoms with E-state index in [2.05, 4.69) is 20.3 Å². The Labute approximate surface area is 146 Å². The van der Waals surface area contributed by atoms with Crippen molar-refractivity contribution < 1.29 is 24.1 Å². The van der Waals surface area contributed by atoms with Crippen molar-refractivity contribution in [3.05, 3.63) is 39.1 Å². The minimum absolute atomic E-state index is 0.00850. The summed E-state index contributed by atoms with van der Waals surface area (Å²) in [6.45, 7) is 2.67. The highest BCUT2D eigenvalue weighted by molar-refractivity contribution is 5.99. The van der Waals surface area contributed by atoms with Gasteiger partial charge in [-0.3, -0.25) is 14.4 Å². The fourth-order valence-electron chi connectivity index (χ4n) is 3.06. The number of hydrogen-bond donors (Lipinski definition) is 2. The van der Waals surface area contributed by atoms with E-state index in [0.717, 1.165) is 0 Å². The Morgan fingerprint density at radius 3 is 2.96 bits per heavy atom. The Hall–Kier alpha value is -3.21. The van der Waals surface area contributed by atoms with Crippen LogP contribution in [0.15, 0.2) is 15.6 Å². The molecule has 26 heavy (non-hydrogen) atoms. The number of aromatic hydroxyl groups is 1. The van der Waals surface area contributed by atoms with E-state index in [1.54, 1.807) is 6.92 Å². The molecule has 11 heteroatoms. The molecule has 0 saturated carbocycles. The highest BCUT2D eigenvalue weighted by Crippen LogP contribution is 2.26. The molecule has 1 atom stereocenters. The molecule has 4 heterocycles. The SMILES string of the molecule is Cc1nonc1CNC(=O)c1cn2c(c(O)c1=O)C(=O)N1CCOC1C2. The number of fused-ring (bicyclic) bond motifs is 2. The maximum atomic E-state index is 12.5. The molecule has 1 unspecified atom stereocenters. The average molecular weight is 361 g/mol. The van der Waals surface area contributed by atoms with Crippen molar-refractivity contribution in [1.82, 2.24) is 25.1 Å². The van der Waals surface area contributed by atoms with Gasteiger partial charge in [-0.2, -0.15) is 0 Å². The van der Waals surface area contributed by atoms with Crippen LogP contribution in [-0.2, 0) is 17.8 Å². The van der Waals surface area contributed by atoms with Crippen LogP contribution in [0.2, 0.25) is 0 Å². The Kier molecular flexibility index (Phi) is 3.72. The molecular weight excluding hydrogens is 346 g/mol. The lowest BCUT2D eigenvalue weighted by atomic mass is 10.1. The van der Waals surface area contributed by atoms with Gasteiger partial charge < -0.3 is 24.6 Å². The van der Waals surface area contributed by atoms with Crippen molar-refractivity contribution >= 4 is 11.8 Å². The second kappa shape index (κ2) is 5.95. The number of nitrogens with zero attached hydrogens (tertiary/aromatic N) is 4. The molecule has 1 fully saturated rings. The Morgan fingerprint density at radius 2 is 2.23 bits per heavy atom. The van der Waals surface area contributed by atoms with Crippen LogP contribution in [0.3, 0.4) is 0 Å². The van der Waals surface area contributed by atoms with Gasteiger partial charge in [0.25, 0.3) is 11.8 Å². The van der Waals surface area contributed by atoms with Gasteiger partial charge in [0, 0.05) is 12.7 Å². The normalized spacial score (nSPS) is 18.6. The third-order valence-electron chi connectivity index (χ3n) is 4.47. The minimum Gasteiger partial charge on any atom is -0.503 e. The van der Waals surface area contributed by atoms with Gasteiger partial charge in [0.15, 0.2) is 17.7 Å². The summed E-state index contributed by atoms with van der Waals surface area (Å²) in [6.07, 6.45) is 0.786. The van der Waals surface area contributed by atoms with Crippen molar-refractivity contribution in [1.29, 1.82) is 0 Å². The van der Waals surface area contributed by atoms with Gasteiger partial charge in [-0.25, -0.2) is 4.63 Å². The quantitative estimate of drug-likeness (QED) is 0.708. The van der Waals surface area contributed by atoms with Crippen LogP contribution in [0, 0.1) is 6.92 Å². The van der Waals surface area contributed by atoms with Crippen molar-refractivity contribution in [2.75, 3.05) is 13.2 Å². The highest BCUT2D eigenvalue weighted by Gasteiger charge is 2.39. The summed E-state index contributed by atoms with van der Waals surface area (Å²) in [5.74, 6) is -1.94. The van der Waals surface area contributed by atoms with Gasteiger partial charge in [0.2, 0.25) is 5.43 Å². The van der Waals surface area contributed by atoms with E-state index in [1.807, 2.05) is 0 Å². The Bertz CT molecular complexity index is 964. The number of ether oxygens (including phenoxy) is 1. The first kappa shape index (κ1) is 16.3. The van der Waals surface area contributed by atoms with Crippen molar-refractivity contribution in [2.24, 2.45) is 0 Å². The molecule has 2 amide bonds. The number of hydrogen-bond acceptors (Lipinski definition) is 8. The molecule has 0 aliphatic carbocycles. The highest BCUT2D eigenvalue weighted by atomic mass is 16.6. The van der Waals surface area contributed by atoms with Crippen LogP contribution >= 0.6 is 0 Å². The van der Waals surface area contributed by atoms with E-state index < -0.39 is 29.2 Å². The van der Waals surface area contributed by atoms with Crippen LogP contribution in [-0.4, -0.2) is 56.1 Å². The first-order chi connectivity index (χ1) is 12.5. The summed E-state index contributed by atoms with van der Waals surface area (Å²) >= 11 is 0. The third-order valence-corrected chi connectivity index (χ3v) is 4.47. The molecule has 1 saturated heterocycles. The predicted molar refractivity (Wildman–Crippen MR) is 83.3 cm³/mol. The van der Waals surface area contributed by atoms with Gasteiger partial charge in [0.05, 0.1) is 19.7 Å². The zero-order valence-electron chi connectivity index (χ0n) is 13.8. The lowest BCUT2D eigenvalue weighted by Gasteiger charge is -2.31. The number of pyridine rings is 1. The van der Waals surface area contributed by atoms with E-state index in [9.17, 15) is 19.5 Å². The van der Waals surface area contributed by atoms with Crippen LogP contribution < -0.4 is 10.7 Å². The number of aryl methyl sites for hydroxylation is 1. The molecule has 2 aromatic heterocycles. The number of carbonyl (C=O) groups excluding carboxylic acids is 2. The van der Waals surface area contributed by atoms with Crippen LogP contribution in [0.4, 0.5) is 0 Å².